The zero-order valence-electron chi connectivity index (χ0n) is 23.2. The lowest BCUT2D eigenvalue weighted by atomic mass is 9.82. The second-order valence-corrected chi connectivity index (χ2v) is 10.9. The van der Waals surface area contributed by atoms with Gasteiger partial charge >= 0.3 is 0 Å². The molecule has 2 heteroatoms. The Balaban J connectivity index is 1.40. The molecule has 2 unspecified atom stereocenters. The third kappa shape index (κ3) is 4.45. The third-order valence-corrected chi connectivity index (χ3v) is 8.45. The molecule has 6 aromatic carbocycles. The summed E-state index contributed by atoms with van der Waals surface area (Å²) in [5, 5.41) is 26.2. The SMILES string of the molecule is Cc1cc(-c2ccccc2)c(O)c(C(C)c2ccc(C(C)c3c4ccccc4c(CO)c4ccccc34)cc2)c1. The first kappa shape index (κ1) is 25.9. The largest absolute Gasteiger partial charge is 0.507 e. The molecule has 0 fully saturated rings. The summed E-state index contributed by atoms with van der Waals surface area (Å²) in [4.78, 5) is 0. The minimum absolute atomic E-state index is 0.0140. The molecule has 0 bridgehead atoms. The number of hydrogen-bond donors (Lipinski definition) is 2. The van der Waals surface area contributed by atoms with Gasteiger partial charge in [0.2, 0.25) is 0 Å². The van der Waals surface area contributed by atoms with Crippen LogP contribution in [0.4, 0.5) is 0 Å². The molecular weight excluding hydrogens is 488 g/mol. The number of phenolic OH excluding ortho intramolecular Hbond substituents is 1. The second-order valence-electron chi connectivity index (χ2n) is 10.9. The molecule has 2 N–H and O–H groups in total. The first-order chi connectivity index (χ1) is 19.5. The number of benzene rings is 6. The van der Waals surface area contributed by atoms with Gasteiger partial charge in [0, 0.05) is 23.0 Å². The van der Waals surface area contributed by atoms with E-state index in [-0.39, 0.29) is 18.4 Å². The predicted molar refractivity (Wildman–Crippen MR) is 167 cm³/mol. The van der Waals surface area contributed by atoms with Crippen LogP contribution in [0.1, 0.15) is 59.1 Å². The molecule has 0 aliphatic rings. The highest BCUT2D eigenvalue weighted by atomic mass is 16.3. The average Bonchev–Trinajstić information content (AvgIpc) is 3.00. The van der Waals surface area contributed by atoms with Gasteiger partial charge in [-0.1, -0.05) is 123 Å². The Hall–Kier alpha value is -4.40. The zero-order valence-corrected chi connectivity index (χ0v) is 23.2. The molecule has 0 spiro atoms. The van der Waals surface area contributed by atoms with E-state index < -0.39 is 0 Å². The number of rotatable bonds is 6. The molecule has 0 saturated carbocycles. The van der Waals surface area contributed by atoms with Gasteiger partial charge < -0.3 is 10.2 Å². The number of fused-ring (bicyclic) bond motifs is 2. The first-order valence-electron chi connectivity index (χ1n) is 14.0. The summed E-state index contributed by atoms with van der Waals surface area (Å²) >= 11 is 0. The van der Waals surface area contributed by atoms with E-state index in [2.05, 4.69) is 93.6 Å². The number of aryl methyl sites for hydroxylation is 1. The highest BCUT2D eigenvalue weighted by Crippen LogP contribution is 2.42. The van der Waals surface area contributed by atoms with Crippen molar-refractivity contribution in [2.24, 2.45) is 0 Å². The maximum atomic E-state index is 11.3. The topological polar surface area (TPSA) is 40.5 Å². The number of hydrogen-bond acceptors (Lipinski definition) is 2. The third-order valence-electron chi connectivity index (χ3n) is 8.45. The number of aliphatic hydroxyl groups excluding tert-OH is 1. The van der Waals surface area contributed by atoms with Crippen molar-refractivity contribution in [3.8, 4) is 16.9 Å². The summed E-state index contributed by atoms with van der Waals surface area (Å²) in [6.45, 7) is 6.53. The van der Waals surface area contributed by atoms with Crippen molar-refractivity contribution in [1.82, 2.24) is 0 Å². The van der Waals surface area contributed by atoms with E-state index in [4.69, 9.17) is 0 Å². The van der Waals surface area contributed by atoms with Gasteiger partial charge in [-0.25, -0.2) is 0 Å². The highest BCUT2D eigenvalue weighted by molar-refractivity contribution is 6.06. The highest BCUT2D eigenvalue weighted by Gasteiger charge is 2.21. The van der Waals surface area contributed by atoms with E-state index in [1.165, 1.54) is 27.5 Å². The molecule has 40 heavy (non-hydrogen) atoms. The molecule has 6 rings (SSSR count). The average molecular weight is 523 g/mol. The normalized spacial score (nSPS) is 13.0. The molecule has 198 valence electrons. The van der Waals surface area contributed by atoms with Crippen LogP contribution in [0.2, 0.25) is 0 Å². The Kier molecular flexibility index (Phi) is 6.88. The summed E-state index contributed by atoms with van der Waals surface area (Å²) in [6.07, 6.45) is 0. The zero-order chi connectivity index (χ0) is 27.8. The lowest BCUT2D eigenvalue weighted by molar-refractivity contribution is 0.285. The fourth-order valence-electron chi connectivity index (χ4n) is 6.28. The molecular formula is C38H34O2. The van der Waals surface area contributed by atoms with Crippen LogP contribution in [0.3, 0.4) is 0 Å². The Labute approximate surface area is 236 Å². The van der Waals surface area contributed by atoms with Gasteiger partial charge in [0.15, 0.2) is 0 Å². The van der Waals surface area contributed by atoms with E-state index in [9.17, 15) is 10.2 Å². The summed E-state index contributed by atoms with van der Waals surface area (Å²) < 4.78 is 0. The Morgan fingerprint density at radius 1 is 0.600 bits per heavy atom. The number of aromatic hydroxyl groups is 1. The molecule has 0 heterocycles. The molecule has 0 aromatic heterocycles. The van der Waals surface area contributed by atoms with Crippen LogP contribution in [-0.4, -0.2) is 10.2 Å². The standard InChI is InChI=1S/C38H34O2/c1-24-21-34(38(40)35(22-24)29-11-5-4-6-12-29)25(2)27-17-19-28(20-18-27)26(3)37-32-15-9-7-13-30(32)36(23-39)31-14-8-10-16-33(31)37/h4-22,25-26,39-40H,23H2,1-3H3. The van der Waals surface area contributed by atoms with Crippen LogP contribution >= 0.6 is 0 Å². The van der Waals surface area contributed by atoms with Crippen LogP contribution in [0.15, 0.2) is 115 Å². The Bertz CT molecular complexity index is 1760. The number of phenols is 1. The van der Waals surface area contributed by atoms with E-state index in [0.717, 1.165) is 38.6 Å². The van der Waals surface area contributed by atoms with Crippen molar-refractivity contribution in [3.05, 3.63) is 149 Å². The van der Waals surface area contributed by atoms with E-state index in [0.29, 0.717) is 5.75 Å². The lowest BCUT2D eigenvalue weighted by Crippen LogP contribution is -2.03. The smallest absolute Gasteiger partial charge is 0.127 e. The van der Waals surface area contributed by atoms with Crippen LogP contribution in [0.25, 0.3) is 32.7 Å². The van der Waals surface area contributed by atoms with Crippen LogP contribution < -0.4 is 0 Å². The lowest BCUT2D eigenvalue weighted by Gasteiger charge is -2.22. The fourth-order valence-corrected chi connectivity index (χ4v) is 6.28. The van der Waals surface area contributed by atoms with Crippen molar-refractivity contribution < 1.29 is 10.2 Å². The molecule has 0 aliphatic carbocycles. The van der Waals surface area contributed by atoms with Crippen LogP contribution in [-0.2, 0) is 6.61 Å². The quantitative estimate of drug-likeness (QED) is 0.214. The number of aliphatic hydroxyl groups is 1. The van der Waals surface area contributed by atoms with Crippen molar-refractivity contribution in [3.63, 3.8) is 0 Å². The molecule has 0 saturated heterocycles. The molecule has 6 aromatic rings. The molecule has 0 amide bonds. The molecule has 0 aliphatic heterocycles. The minimum atomic E-state index is 0.0140. The van der Waals surface area contributed by atoms with E-state index in [1.54, 1.807) is 0 Å². The van der Waals surface area contributed by atoms with Crippen LogP contribution in [0.5, 0.6) is 5.75 Å². The minimum Gasteiger partial charge on any atom is -0.507 e. The van der Waals surface area contributed by atoms with Gasteiger partial charge in [-0.3, -0.25) is 0 Å². The maximum absolute atomic E-state index is 11.3. The Morgan fingerprint density at radius 3 is 1.65 bits per heavy atom. The van der Waals surface area contributed by atoms with Crippen molar-refractivity contribution in [2.45, 2.75) is 39.2 Å². The summed E-state index contributed by atoms with van der Waals surface area (Å²) in [5.74, 6) is 0.546. The van der Waals surface area contributed by atoms with Crippen LogP contribution in [0, 0.1) is 6.92 Å². The monoisotopic (exact) mass is 522 g/mol. The summed E-state index contributed by atoms with van der Waals surface area (Å²) in [7, 11) is 0. The van der Waals surface area contributed by atoms with Gasteiger partial charge in [-0.2, -0.15) is 0 Å². The Morgan fingerprint density at radius 2 is 1.10 bits per heavy atom. The predicted octanol–water partition coefficient (Wildman–Crippen LogP) is 9.47. The van der Waals surface area contributed by atoms with Gasteiger partial charge in [-0.15, -0.1) is 0 Å². The molecule has 2 atom stereocenters. The summed E-state index contributed by atoms with van der Waals surface area (Å²) in [6, 6.07) is 39.9. The van der Waals surface area contributed by atoms with Gasteiger partial charge in [0.1, 0.15) is 5.75 Å². The fraction of sp³-hybridized carbons (Fsp3) is 0.158. The van der Waals surface area contributed by atoms with Crippen molar-refractivity contribution in [2.75, 3.05) is 0 Å². The van der Waals surface area contributed by atoms with Gasteiger partial charge in [-0.05, 0) is 67.9 Å². The molecule has 2 nitrogen and oxygen atoms in total. The van der Waals surface area contributed by atoms with Gasteiger partial charge in [0.25, 0.3) is 0 Å². The second kappa shape index (κ2) is 10.6. The molecule has 0 radical (unpaired) electrons. The van der Waals surface area contributed by atoms with Gasteiger partial charge in [0.05, 0.1) is 6.61 Å². The maximum Gasteiger partial charge on any atom is 0.127 e. The van der Waals surface area contributed by atoms with Crippen molar-refractivity contribution in [1.29, 1.82) is 0 Å². The van der Waals surface area contributed by atoms with Crippen molar-refractivity contribution >= 4 is 21.5 Å². The van der Waals surface area contributed by atoms with E-state index in [1.807, 2.05) is 42.5 Å². The summed E-state index contributed by atoms with van der Waals surface area (Å²) in [5.41, 5.74) is 8.64. The van der Waals surface area contributed by atoms with E-state index >= 15 is 0 Å². The first-order valence-corrected chi connectivity index (χ1v) is 14.0.